The molecule has 1 aliphatic rings. The average Bonchev–Trinajstić information content (AvgIpc) is 3.35. The number of H-pyrrole nitrogens is 1. The molecule has 1 aromatic heterocycles. The van der Waals surface area contributed by atoms with E-state index in [1.54, 1.807) is 29.3 Å². The number of benzene rings is 2. The molecule has 0 bridgehead atoms. The number of rotatable bonds is 13. The van der Waals surface area contributed by atoms with Gasteiger partial charge in [-0.1, -0.05) is 29.8 Å². The highest BCUT2D eigenvalue weighted by Crippen LogP contribution is 2.29. The van der Waals surface area contributed by atoms with E-state index in [0.29, 0.717) is 23.3 Å². The first-order chi connectivity index (χ1) is 20.0. The topological polar surface area (TPSA) is 152 Å². The lowest BCUT2D eigenvalue weighted by molar-refractivity contribution is 0.186. The van der Waals surface area contributed by atoms with Crippen LogP contribution in [-0.4, -0.2) is 40.5 Å². The fraction of sp³-hybridized carbons (Fsp3) is 0.355. The van der Waals surface area contributed by atoms with Gasteiger partial charge in [0.15, 0.2) is 11.8 Å². The van der Waals surface area contributed by atoms with Crippen molar-refractivity contribution >= 4 is 29.4 Å². The molecule has 0 saturated heterocycles. The molecule has 0 aliphatic carbocycles. The highest BCUT2D eigenvalue weighted by atomic mass is 35.5. The molecule has 11 heteroatoms. The number of aliphatic hydroxyl groups excluding tert-OH is 1. The van der Waals surface area contributed by atoms with Crippen molar-refractivity contribution in [3.05, 3.63) is 87.8 Å². The summed E-state index contributed by atoms with van der Waals surface area (Å²) in [6, 6.07) is 13.3. The number of halogens is 2. The molecule has 0 spiro atoms. The first kappa shape index (κ1) is 31.2. The molecule has 0 fully saturated rings. The predicted octanol–water partition coefficient (Wildman–Crippen LogP) is 3.20. The third-order valence-corrected chi connectivity index (χ3v) is 7.50. The molecule has 2 aromatic carbocycles. The van der Waals surface area contributed by atoms with Gasteiger partial charge in [-0.05, 0) is 81.0 Å². The molecular weight excluding hydrogens is 555 g/mol. The Kier molecular flexibility index (Phi) is 10.4. The van der Waals surface area contributed by atoms with Crippen molar-refractivity contribution in [2.24, 2.45) is 16.5 Å². The van der Waals surface area contributed by atoms with Gasteiger partial charge in [0, 0.05) is 47.3 Å². The number of nitrogens with zero attached hydrogens (tertiary/aromatic N) is 2. The maximum absolute atomic E-state index is 15.1. The van der Waals surface area contributed by atoms with E-state index in [0.717, 1.165) is 47.7 Å². The Labute approximate surface area is 250 Å². The Hall–Kier alpha value is -3.70. The average molecular weight is 595 g/mol. The molecule has 0 radical (unpaired) electrons. The van der Waals surface area contributed by atoms with Crippen LogP contribution in [0.2, 0.25) is 5.02 Å². The standard InChI is InChI=1S/C31H40ClFN8O/c1-4-23(38-30(35)36)12-19(3)37-16-20-8-10-24(11-9-20)41-17-22-15-27(39-29(22)40-31(41)42)25-13-21(7-5-6-18(2)34)14-26(32)28(25)33/h4,8-11,13-15,17-19,23,31,37,42H,1,5-7,12,16,34H2,2-3H3,(H,39,40)(H4,35,36,38)/t18-,19+,23-,31?/m0/s1. The van der Waals surface area contributed by atoms with Crippen molar-refractivity contribution in [2.75, 3.05) is 4.90 Å². The Balaban J connectivity index is 1.47. The quantitative estimate of drug-likeness (QED) is 0.0917. The molecule has 4 atom stereocenters. The maximum Gasteiger partial charge on any atom is 0.231 e. The van der Waals surface area contributed by atoms with E-state index in [-0.39, 0.29) is 29.1 Å². The number of nitrogens with one attached hydrogen (secondary N) is 4. The maximum atomic E-state index is 15.1. The molecule has 0 amide bonds. The molecule has 0 saturated carbocycles. The van der Waals surface area contributed by atoms with Crippen molar-refractivity contribution in [3.63, 3.8) is 0 Å². The second-order valence-corrected chi connectivity index (χ2v) is 11.3. The summed E-state index contributed by atoms with van der Waals surface area (Å²) in [7, 11) is 0. The lowest BCUT2D eigenvalue weighted by Gasteiger charge is -2.25. The van der Waals surface area contributed by atoms with Crippen LogP contribution in [0.4, 0.5) is 10.1 Å². The largest absolute Gasteiger partial charge is 0.370 e. The Morgan fingerprint density at radius 3 is 2.67 bits per heavy atom. The summed E-state index contributed by atoms with van der Waals surface area (Å²) < 4.78 is 15.1. The highest BCUT2D eigenvalue weighted by molar-refractivity contribution is 6.31. The van der Waals surface area contributed by atoms with Gasteiger partial charge in [-0.2, -0.15) is 0 Å². The van der Waals surface area contributed by atoms with Gasteiger partial charge in [0.2, 0.25) is 6.35 Å². The molecule has 1 unspecified atom stereocenters. The summed E-state index contributed by atoms with van der Waals surface area (Å²) in [6.07, 6.45) is 5.62. The monoisotopic (exact) mass is 594 g/mol. The summed E-state index contributed by atoms with van der Waals surface area (Å²) >= 11 is 6.25. The van der Waals surface area contributed by atoms with E-state index < -0.39 is 12.2 Å². The van der Waals surface area contributed by atoms with Crippen molar-refractivity contribution < 1.29 is 9.50 Å². The van der Waals surface area contributed by atoms with Crippen LogP contribution in [0.3, 0.4) is 0 Å². The van der Waals surface area contributed by atoms with Gasteiger partial charge in [-0.25, -0.2) is 9.38 Å². The second kappa shape index (κ2) is 14.0. The van der Waals surface area contributed by atoms with E-state index in [4.69, 9.17) is 28.5 Å². The minimum absolute atomic E-state index is 0.0654. The zero-order valence-corrected chi connectivity index (χ0v) is 24.8. The van der Waals surface area contributed by atoms with Gasteiger partial charge in [-0.15, -0.1) is 6.58 Å². The number of anilines is 1. The SMILES string of the molecule is C=C[C@@H](C[C@@H](C)NCc1ccc(N2C=c3cc(-c4cc(CCC[C@H](C)N)cc(Cl)c4F)[nH]c3=NC2O)cc1)NC(=N)N. The number of aryl methyl sites for hydroxylation is 1. The van der Waals surface area contributed by atoms with E-state index in [1.807, 2.05) is 37.3 Å². The zero-order valence-electron chi connectivity index (χ0n) is 24.0. The molecule has 2 heterocycles. The minimum Gasteiger partial charge on any atom is -0.370 e. The molecule has 3 aromatic rings. The van der Waals surface area contributed by atoms with E-state index in [9.17, 15) is 5.11 Å². The van der Waals surface area contributed by atoms with Gasteiger partial charge in [0.05, 0.1) is 10.7 Å². The van der Waals surface area contributed by atoms with Crippen molar-refractivity contribution in [1.82, 2.24) is 15.6 Å². The third kappa shape index (κ3) is 7.98. The first-order valence-corrected chi connectivity index (χ1v) is 14.5. The number of aromatic nitrogens is 1. The smallest absolute Gasteiger partial charge is 0.231 e. The van der Waals surface area contributed by atoms with E-state index in [2.05, 4.69) is 34.1 Å². The van der Waals surface area contributed by atoms with Crippen LogP contribution in [-0.2, 0) is 13.0 Å². The van der Waals surface area contributed by atoms with Crippen LogP contribution >= 0.6 is 11.6 Å². The number of aliphatic hydroxyl groups is 1. The third-order valence-electron chi connectivity index (χ3n) is 7.22. The summed E-state index contributed by atoms with van der Waals surface area (Å²) in [5.41, 5.74) is 15.4. The Morgan fingerprint density at radius 2 is 2.00 bits per heavy atom. The van der Waals surface area contributed by atoms with Crippen LogP contribution in [0, 0.1) is 11.2 Å². The summed E-state index contributed by atoms with van der Waals surface area (Å²) in [5.74, 6) is -0.582. The van der Waals surface area contributed by atoms with Gasteiger partial charge in [0.25, 0.3) is 0 Å². The van der Waals surface area contributed by atoms with Gasteiger partial charge in [0.1, 0.15) is 5.49 Å². The zero-order chi connectivity index (χ0) is 30.4. The number of fused-ring (bicyclic) bond motifs is 1. The molecule has 9 N–H and O–H groups in total. The summed E-state index contributed by atoms with van der Waals surface area (Å²) in [5, 5.41) is 25.3. The lowest BCUT2D eigenvalue weighted by Crippen LogP contribution is -2.41. The van der Waals surface area contributed by atoms with Gasteiger partial charge < -0.3 is 37.1 Å². The molecule has 224 valence electrons. The first-order valence-electron chi connectivity index (χ1n) is 14.1. The number of aromatic amines is 1. The number of guanidine groups is 1. The molecule has 4 rings (SSSR count). The van der Waals surface area contributed by atoms with Crippen molar-refractivity contribution in [1.29, 1.82) is 5.41 Å². The Bertz CT molecular complexity index is 1520. The fourth-order valence-corrected chi connectivity index (χ4v) is 5.22. The van der Waals surface area contributed by atoms with E-state index >= 15 is 4.39 Å². The van der Waals surface area contributed by atoms with Crippen molar-refractivity contribution in [2.45, 2.75) is 70.6 Å². The van der Waals surface area contributed by atoms with Crippen LogP contribution in [0.15, 0.2) is 60.1 Å². The van der Waals surface area contributed by atoms with E-state index in [1.165, 1.54) is 0 Å². The van der Waals surface area contributed by atoms with Crippen LogP contribution in [0.1, 0.15) is 44.2 Å². The van der Waals surface area contributed by atoms with Crippen LogP contribution in [0.5, 0.6) is 0 Å². The van der Waals surface area contributed by atoms with Crippen molar-refractivity contribution in [3.8, 4) is 11.3 Å². The summed E-state index contributed by atoms with van der Waals surface area (Å²) in [6.45, 7) is 8.47. The molecular formula is C31H40ClFN8O. The molecule has 9 nitrogen and oxygen atoms in total. The highest BCUT2D eigenvalue weighted by Gasteiger charge is 2.20. The van der Waals surface area contributed by atoms with Crippen LogP contribution in [0.25, 0.3) is 17.5 Å². The minimum atomic E-state index is -1.14. The number of hydrogen-bond donors (Lipinski definition) is 7. The normalized spacial score (nSPS) is 16.5. The van der Waals surface area contributed by atoms with Crippen LogP contribution < -0.4 is 37.7 Å². The van der Waals surface area contributed by atoms with Gasteiger partial charge >= 0.3 is 0 Å². The molecule has 1 aliphatic heterocycles. The Morgan fingerprint density at radius 1 is 1.26 bits per heavy atom. The number of nitrogens with two attached hydrogens (primary N) is 2. The lowest BCUT2D eigenvalue weighted by atomic mass is 10.0. The second-order valence-electron chi connectivity index (χ2n) is 10.9. The summed E-state index contributed by atoms with van der Waals surface area (Å²) in [4.78, 5) is 9.21. The fourth-order valence-electron chi connectivity index (χ4n) is 4.98. The number of hydrogen-bond acceptors (Lipinski definition) is 6. The predicted molar refractivity (Wildman–Crippen MR) is 168 cm³/mol. The van der Waals surface area contributed by atoms with Gasteiger partial charge in [-0.3, -0.25) is 5.41 Å². The molecule has 42 heavy (non-hydrogen) atoms.